The van der Waals surface area contributed by atoms with Gasteiger partial charge in [0, 0.05) is 25.6 Å². The van der Waals surface area contributed by atoms with Crippen molar-refractivity contribution in [2.24, 2.45) is 0 Å². The van der Waals surface area contributed by atoms with Crippen LogP contribution in [0.3, 0.4) is 0 Å². The summed E-state index contributed by atoms with van der Waals surface area (Å²) in [6.07, 6.45) is 5.92. The van der Waals surface area contributed by atoms with Crippen molar-refractivity contribution in [1.29, 1.82) is 0 Å². The lowest BCUT2D eigenvalue weighted by molar-refractivity contribution is -0.120. The number of hydrogen-bond acceptors (Lipinski definition) is 4. The number of carbonyl (C=O) groups excluding carboxylic acids is 1. The Labute approximate surface area is 128 Å². The molecule has 21 heavy (non-hydrogen) atoms. The monoisotopic (exact) mass is 312 g/mol. The van der Waals surface area contributed by atoms with Crippen LogP contribution < -0.4 is 16.2 Å². The highest BCUT2D eigenvalue weighted by Gasteiger charge is 2.22. The van der Waals surface area contributed by atoms with Crippen LogP contribution in [0.25, 0.3) is 0 Å². The maximum atomic E-state index is 12.0. The van der Waals surface area contributed by atoms with Crippen molar-refractivity contribution in [2.75, 3.05) is 11.9 Å². The Morgan fingerprint density at radius 2 is 2.29 bits per heavy atom. The van der Waals surface area contributed by atoms with Gasteiger partial charge in [-0.25, -0.2) is 4.68 Å². The Morgan fingerprint density at radius 1 is 1.52 bits per heavy atom. The normalized spacial score (nSPS) is 14.0. The van der Waals surface area contributed by atoms with Crippen LogP contribution in [0.15, 0.2) is 11.0 Å². The molecule has 1 aromatic rings. The Kier molecular flexibility index (Phi) is 5.61. The number of halogens is 1. The molecule has 0 unspecified atom stereocenters. The van der Waals surface area contributed by atoms with Gasteiger partial charge >= 0.3 is 0 Å². The number of anilines is 1. The van der Waals surface area contributed by atoms with Crippen LogP contribution in [-0.4, -0.2) is 28.3 Å². The molecule has 2 rings (SSSR count). The second kappa shape index (κ2) is 7.45. The minimum absolute atomic E-state index is 0.0189. The highest BCUT2D eigenvalue weighted by atomic mass is 35.5. The first kappa shape index (κ1) is 15.8. The van der Waals surface area contributed by atoms with E-state index in [1.807, 2.05) is 0 Å². The summed E-state index contributed by atoms with van der Waals surface area (Å²) < 4.78 is 1.37. The molecule has 0 aromatic carbocycles. The summed E-state index contributed by atoms with van der Waals surface area (Å²) in [6.45, 7) is 3.05. The number of nitrogens with one attached hydrogen (secondary N) is 2. The molecule has 1 aliphatic rings. The molecule has 0 radical (unpaired) electrons. The molecule has 1 aliphatic carbocycles. The van der Waals surface area contributed by atoms with Gasteiger partial charge in [0.15, 0.2) is 0 Å². The lowest BCUT2D eigenvalue weighted by Gasteiger charge is -2.10. The third-order valence-corrected chi connectivity index (χ3v) is 3.68. The first-order valence-electron chi connectivity index (χ1n) is 7.40. The first-order valence-corrected chi connectivity index (χ1v) is 7.78. The van der Waals surface area contributed by atoms with E-state index in [0.29, 0.717) is 31.2 Å². The second-order valence-electron chi connectivity index (χ2n) is 5.27. The predicted octanol–water partition coefficient (Wildman–Crippen LogP) is 1.78. The number of nitrogens with zero attached hydrogens (tertiary/aromatic N) is 2. The third-order valence-electron chi connectivity index (χ3n) is 3.32. The molecule has 1 saturated carbocycles. The van der Waals surface area contributed by atoms with Crippen LogP contribution in [0.2, 0.25) is 5.02 Å². The minimum atomic E-state index is -0.294. The molecule has 1 amide bonds. The molecule has 1 aromatic heterocycles. The van der Waals surface area contributed by atoms with Crippen LogP contribution in [0.4, 0.5) is 5.69 Å². The van der Waals surface area contributed by atoms with E-state index in [0.717, 1.165) is 25.7 Å². The zero-order valence-corrected chi connectivity index (χ0v) is 12.9. The maximum absolute atomic E-state index is 12.0. The molecule has 2 N–H and O–H groups in total. The summed E-state index contributed by atoms with van der Waals surface area (Å²) in [7, 11) is 0. The van der Waals surface area contributed by atoms with Crippen molar-refractivity contribution in [3.8, 4) is 0 Å². The summed E-state index contributed by atoms with van der Waals surface area (Å²) in [4.78, 5) is 23.5. The molecular weight excluding hydrogens is 292 g/mol. The van der Waals surface area contributed by atoms with E-state index in [-0.39, 0.29) is 16.5 Å². The summed E-state index contributed by atoms with van der Waals surface area (Å²) in [5.74, 6) is 0.0189. The van der Waals surface area contributed by atoms with Crippen LogP contribution in [0, 0.1) is 0 Å². The van der Waals surface area contributed by atoms with Crippen molar-refractivity contribution in [2.45, 2.75) is 51.6 Å². The van der Waals surface area contributed by atoms with Gasteiger partial charge in [0.05, 0.1) is 11.9 Å². The quantitative estimate of drug-likeness (QED) is 0.767. The molecule has 7 heteroatoms. The van der Waals surface area contributed by atoms with Gasteiger partial charge in [0.25, 0.3) is 5.56 Å². The third kappa shape index (κ3) is 4.74. The van der Waals surface area contributed by atoms with Crippen molar-refractivity contribution in [3.63, 3.8) is 0 Å². The number of aromatic nitrogens is 2. The van der Waals surface area contributed by atoms with Gasteiger partial charge in [-0.2, -0.15) is 5.10 Å². The van der Waals surface area contributed by atoms with Crippen molar-refractivity contribution < 1.29 is 4.79 Å². The van der Waals surface area contributed by atoms with Crippen LogP contribution >= 0.6 is 11.6 Å². The number of aryl methyl sites for hydroxylation is 1. The lowest BCUT2D eigenvalue weighted by atomic mass is 10.3. The Morgan fingerprint density at radius 3 is 2.95 bits per heavy atom. The van der Waals surface area contributed by atoms with E-state index >= 15 is 0 Å². The average molecular weight is 313 g/mol. The molecule has 0 saturated heterocycles. The summed E-state index contributed by atoms with van der Waals surface area (Å²) in [6, 6.07) is 0.366. The molecule has 116 valence electrons. The van der Waals surface area contributed by atoms with Crippen LogP contribution in [-0.2, 0) is 11.3 Å². The Bertz CT molecular complexity index is 554. The number of rotatable bonds is 8. The Hall–Kier alpha value is -1.56. The zero-order valence-electron chi connectivity index (χ0n) is 12.2. The first-order chi connectivity index (χ1) is 10.1. The van der Waals surface area contributed by atoms with E-state index in [9.17, 15) is 9.59 Å². The van der Waals surface area contributed by atoms with Gasteiger partial charge in [0.1, 0.15) is 5.02 Å². The largest absolute Gasteiger partial charge is 0.382 e. The van der Waals surface area contributed by atoms with E-state index in [2.05, 4.69) is 22.7 Å². The molecule has 0 spiro atoms. The standard InChI is InChI=1S/C14H21ClN4O2/c1-2-3-8-19-14(21)13(15)11(9-17-19)16-7-6-12(20)18-10-4-5-10/h9-10,16H,2-8H2,1H3,(H,18,20). The van der Waals surface area contributed by atoms with E-state index < -0.39 is 0 Å². The number of hydrogen-bond donors (Lipinski definition) is 2. The predicted molar refractivity (Wildman–Crippen MR) is 82.7 cm³/mol. The molecule has 0 atom stereocenters. The zero-order chi connectivity index (χ0) is 15.2. The molecular formula is C14H21ClN4O2. The molecule has 1 fully saturated rings. The number of carbonyl (C=O) groups is 1. The molecule has 0 aliphatic heterocycles. The summed E-state index contributed by atoms with van der Waals surface area (Å²) in [5, 5.41) is 10.1. The fraction of sp³-hybridized carbons (Fsp3) is 0.643. The smallest absolute Gasteiger partial charge is 0.287 e. The highest BCUT2D eigenvalue weighted by molar-refractivity contribution is 6.32. The number of amides is 1. The van der Waals surface area contributed by atoms with E-state index in [1.165, 1.54) is 10.9 Å². The van der Waals surface area contributed by atoms with Crippen molar-refractivity contribution in [3.05, 3.63) is 21.6 Å². The van der Waals surface area contributed by atoms with Gasteiger partial charge in [-0.1, -0.05) is 24.9 Å². The number of unbranched alkanes of at least 4 members (excludes halogenated alkanes) is 1. The Balaban J connectivity index is 1.86. The van der Waals surface area contributed by atoms with Gasteiger partial charge in [-0.3, -0.25) is 9.59 Å². The lowest BCUT2D eigenvalue weighted by Crippen LogP contribution is -2.28. The van der Waals surface area contributed by atoms with E-state index in [4.69, 9.17) is 11.6 Å². The average Bonchev–Trinajstić information content (AvgIpc) is 3.26. The van der Waals surface area contributed by atoms with Crippen LogP contribution in [0.1, 0.15) is 39.0 Å². The van der Waals surface area contributed by atoms with Gasteiger partial charge < -0.3 is 10.6 Å². The maximum Gasteiger partial charge on any atom is 0.287 e. The fourth-order valence-electron chi connectivity index (χ4n) is 1.89. The van der Waals surface area contributed by atoms with Gasteiger partial charge in [-0.15, -0.1) is 0 Å². The van der Waals surface area contributed by atoms with Crippen molar-refractivity contribution >= 4 is 23.2 Å². The minimum Gasteiger partial charge on any atom is -0.382 e. The fourth-order valence-corrected chi connectivity index (χ4v) is 2.11. The van der Waals surface area contributed by atoms with Crippen molar-refractivity contribution in [1.82, 2.24) is 15.1 Å². The van der Waals surface area contributed by atoms with E-state index in [1.54, 1.807) is 0 Å². The molecule has 6 nitrogen and oxygen atoms in total. The highest BCUT2D eigenvalue weighted by Crippen LogP contribution is 2.19. The van der Waals surface area contributed by atoms with Gasteiger partial charge in [-0.05, 0) is 19.3 Å². The van der Waals surface area contributed by atoms with Crippen LogP contribution in [0.5, 0.6) is 0 Å². The summed E-state index contributed by atoms with van der Waals surface area (Å²) >= 11 is 6.05. The van der Waals surface area contributed by atoms with Gasteiger partial charge in [0.2, 0.25) is 5.91 Å². The SMILES string of the molecule is CCCCn1ncc(NCCC(=O)NC2CC2)c(Cl)c1=O. The topological polar surface area (TPSA) is 76.0 Å². The second-order valence-corrected chi connectivity index (χ2v) is 5.65. The molecule has 1 heterocycles. The molecule has 0 bridgehead atoms. The summed E-state index contributed by atoms with van der Waals surface area (Å²) in [5.41, 5.74) is 0.186.